The van der Waals surface area contributed by atoms with Crippen molar-refractivity contribution in [3.63, 3.8) is 0 Å². The van der Waals surface area contributed by atoms with Crippen molar-refractivity contribution in [3.8, 4) is 11.1 Å². The molecule has 176 valence electrons. The molecule has 3 aromatic rings. The number of nitrogens with one attached hydrogen (secondary N) is 1. The number of benzene rings is 2. The average molecular weight is 448 g/mol. The molecule has 0 spiro atoms. The Morgan fingerprint density at radius 3 is 2.18 bits per heavy atom. The molecule has 0 saturated heterocycles. The first kappa shape index (κ1) is 24.6. The molecule has 5 nitrogen and oxygen atoms in total. The van der Waals surface area contributed by atoms with Crippen LogP contribution in [0.25, 0.3) is 11.1 Å². The summed E-state index contributed by atoms with van der Waals surface area (Å²) in [6.07, 6.45) is 4.81. The van der Waals surface area contributed by atoms with Gasteiger partial charge in [0.25, 0.3) is 0 Å². The Hall–Kier alpha value is -3.05. The van der Waals surface area contributed by atoms with Crippen LogP contribution in [0.4, 0.5) is 10.5 Å². The Bertz CT molecular complexity index is 981. The molecule has 0 bridgehead atoms. The zero-order valence-electron chi connectivity index (χ0n) is 20.3. The predicted octanol–water partition coefficient (Wildman–Crippen LogP) is 6.55. The van der Waals surface area contributed by atoms with Gasteiger partial charge in [0.15, 0.2) is 0 Å². The standard InChI is InChI=1S/C28H37N3O2/c1-5-8-22-10-12-23(13-11-22)24-14-16-25(17-15-24)31(19-26(29)20(3)6-2)28(32)30-21(4)27-9-7-18-33-27/h7,9-18,20-21,26H,5-6,8,19,29H2,1-4H3,(H,30,32)/t20-,21-,26+/m0/s1. The first-order valence-electron chi connectivity index (χ1n) is 12.0. The number of carbonyl (C=O) groups excluding carboxylic acids is 1. The summed E-state index contributed by atoms with van der Waals surface area (Å²) >= 11 is 0. The second-order valence-corrected chi connectivity index (χ2v) is 8.84. The minimum atomic E-state index is -0.240. The second kappa shape index (κ2) is 11.7. The summed E-state index contributed by atoms with van der Waals surface area (Å²) in [5.41, 5.74) is 10.9. The van der Waals surface area contributed by atoms with Gasteiger partial charge in [0.1, 0.15) is 5.76 Å². The van der Waals surface area contributed by atoms with Crippen LogP contribution in [0.1, 0.15) is 57.9 Å². The quantitative estimate of drug-likeness (QED) is 0.370. The van der Waals surface area contributed by atoms with Crippen molar-refractivity contribution < 1.29 is 9.21 Å². The Balaban J connectivity index is 1.80. The smallest absolute Gasteiger partial charge is 0.322 e. The predicted molar refractivity (Wildman–Crippen MR) is 136 cm³/mol. The summed E-state index contributed by atoms with van der Waals surface area (Å²) in [5.74, 6) is 1.03. The SMILES string of the molecule is CCCc1ccc(-c2ccc(N(C[C@@H](N)[C@@H](C)CC)C(=O)N[C@@H](C)c3ccco3)cc2)cc1. The molecule has 0 radical (unpaired) electrons. The van der Waals surface area contributed by atoms with Gasteiger partial charge in [-0.25, -0.2) is 4.79 Å². The molecule has 0 aliphatic carbocycles. The summed E-state index contributed by atoms with van der Waals surface area (Å²) in [5, 5.41) is 3.05. The highest BCUT2D eigenvalue weighted by Gasteiger charge is 2.23. The van der Waals surface area contributed by atoms with E-state index in [4.69, 9.17) is 10.2 Å². The van der Waals surface area contributed by atoms with Crippen LogP contribution in [0.2, 0.25) is 0 Å². The third kappa shape index (κ3) is 6.48. The number of amides is 2. The molecule has 2 aromatic carbocycles. The van der Waals surface area contributed by atoms with Gasteiger partial charge in [0.2, 0.25) is 0 Å². The number of hydrogen-bond donors (Lipinski definition) is 2. The van der Waals surface area contributed by atoms with E-state index in [1.165, 1.54) is 11.1 Å². The van der Waals surface area contributed by atoms with E-state index in [1.807, 2.05) is 31.2 Å². The summed E-state index contributed by atoms with van der Waals surface area (Å²) in [7, 11) is 0. The number of furan rings is 1. The van der Waals surface area contributed by atoms with E-state index in [-0.39, 0.29) is 18.1 Å². The Labute approximate surface area is 198 Å². The van der Waals surface area contributed by atoms with E-state index in [1.54, 1.807) is 11.2 Å². The molecule has 0 saturated carbocycles. The van der Waals surface area contributed by atoms with Crippen LogP contribution < -0.4 is 16.0 Å². The number of aryl methyl sites for hydroxylation is 1. The van der Waals surface area contributed by atoms with Gasteiger partial charge >= 0.3 is 6.03 Å². The zero-order valence-corrected chi connectivity index (χ0v) is 20.3. The van der Waals surface area contributed by atoms with Gasteiger partial charge < -0.3 is 15.5 Å². The van der Waals surface area contributed by atoms with Gasteiger partial charge in [0, 0.05) is 18.3 Å². The third-order valence-corrected chi connectivity index (χ3v) is 6.33. The second-order valence-electron chi connectivity index (χ2n) is 8.84. The molecule has 3 N–H and O–H groups in total. The molecule has 0 aliphatic rings. The number of hydrogen-bond acceptors (Lipinski definition) is 3. The Morgan fingerprint density at radius 2 is 1.64 bits per heavy atom. The first-order chi connectivity index (χ1) is 15.9. The number of nitrogens with zero attached hydrogens (tertiary/aromatic N) is 1. The third-order valence-electron chi connectivity index (χ3n) is 6.33. The van der Waals surface area contributed by atoms with Gasteiger partial charge in [-0.15, -0.1) is 0 Å². The number of anilines is 1. The lowest BCUT2D eigenvalue weighted by Gasteiger charge is -2.29. The Morgan fingerprint density at radius 1 is 1.00 bits per heavy atom. The van der Waals surface area contributed by atoms with E-state index < -0.39 is 0 Å². The van der Waals surface area contributed by atoms with E-state index in [2.05, 4.69) is 62.5 Å². The minimum Gasteiger partial charge on any atom is -0.467 e. The van der Waals surface area contributed by atoms with Crippen molar-refractivity contribution in [3.05, 3.63) is 78.3 Å². The van der Waals surface area contributed by atoms with Crippen LogP contribution in [-0.4, -0.2) is 18.6 Å². The van der Waals surface area contributed by atoms with Crippen molar-refractivity contribution in [2.45, 2.75) is 59.0 Å². The molecule has 3 rings (SSSR count). The molecule has 1 heterocycles. The molecule has 0 unspecified atom stereocenters. The van der Waals surface area contributed by atoms with Crippen LogP contribution in [0.5, 0.6) is 0 Å². The fourth-order valence-electron chi connectivity index (χ4n) is 3.86. The van der Waals surface area contributed by atoms with Gasteiger partial charge in [-0.2, -0.15) is 0 Å². The maximum atomic E-state index is 13.3. The first-order valence-corrected chi connectivity index (χ1v) is 12.0. The van der Waals surface area contributed by atoms with Crippen molar-refractivity contribution in [1.82, 2.24) is 5.32 Å². The van der Waals surface area contributed by atoms with Crippen molar-refractivity contribution in [1.29, 1.82) is 0 Å². The Kier molecular flexibility index (Phi) is 8.72. The zero-order chi connectivity index (χ0) is 23.8. The molecule has 2 amide bonds. The summed E-state index contributed by atoms with van der Waals surface area (Å²) < 4.78 is 5.45. The lowest BCUT2D eigenvalue weighted by molar-refractivity contribution is 0.240. The monoisotopic (exact) mass is 447 g/mol. The highest BCUT2D eigenvalue weighted by Crippen LogP contribution is 2.25. The maximum Gasteiger partial charge on any atom is 0.322 e. The summed E-state index contributed by atoms with van der Waals surface area (Å²) in [6, 6.07) is 20.0. The van der Waals surface area contributed by atoms with Crippen LogP contribution in [-0.2, 0) is 6.42 Å². The molecule has 1 aromatic heterocycles. The van der Waals surface area contributed by atoms with Crippen molar-refractivity contribution in [2.75, 3.05) is 11.4 Å². The number of carbonyl (C=O) groups is 1. The van der Waals surface area contributed by atoms with Crippen molar-refractivity contribution >= 4 is 11.7 Å². The maximum absolute atomic E-state index is 13.3. The molecular weight excluding hydrogens is 410 g/mol. The highest BCUT2D eigenvalue weighted by atomic mass is 16.3. The lowest BCUT2D eigenvalue weighted by atomic mass is 9.99. The van der Waals surface area contributed by atoms with Gasteiger partial charge in [-0.3, -0.25) is 4.90 Å². The fourth-order valence-corrected chi connectivity index (χ4v) is 3.86. The van der Waals surface area contributed by atoms with E-state index in [0.717, 1.165) is 36.3 Å². The van der Waals surface area contributed by atoms with Gasteiger partial charge in [-0.1, -0.05) is 70.0 Å². The molecular formula is C28H37N3O2. The van der Waals surface area contributed by atoms with Crippen LogP contribution in [0, 0.1) is 5.92 Å². The molecule has 5 heteroatoms. The molecule has 3 atom stereocenters. The summed E-state index contributed by atoms with van der Waals surface area (Å²) in [6.45, 7) is 8.79. The largest absolute Gasteiger partial charge is 0.467 e. The normalized spacial score (nSPS) is 13.8. The fraction of sp³-hybridized carbons (Fsp3) is 0.393. The van der Waals surface area contributed by atoms with Gasteiger partial charge in [0.05, 0.1) is 12.3 Å². The van der Waals surface area contributed by atoms with E-state index >= 15 is 0 Å². The van der Waals surface area contributed by atoms with E-state index in [9.17, 15) is 4.79 Å². The van der Waals surface area contributed by atoms with Crippen molar-refractivity contribution in [2.24, 2.45) is 11.7 Å². The van der Waals surface area contributed by atoms with E-state index in [0.29, 0.717) is 12.5 Å². The van der Waals surface area contributed by atoms with Gasteiger partial charge in [-0.05, 0) is 60.2 Å². The highest BCUT2D eigenvalue weighted by molar-refractivity contribution is 5.92. The minimum absolute atomic E-state index is 0.120. The number of nitrogens with two attached hydrogens (primary N) is 1. The van der Waals surface area contributed by atoms with Crippen LogP contribution in [0.3, 0.4) is 0 Å². The number of urea groups is 1. The summed E-state index contributed by atoms with van der Waals surface area (Å²) in [4.78, 5) is 15.0. The van der Waals surface area contributed by atoms with Crippen LogP contribution in [0.15, 0.2) is 71.3 Å². The molecule has 33 heavy (non-hydrogen) atoms. The number of rotatable bonds is 10. The average Bonchev–Trinajstić information content (AvgIpc) is 3.38. The molecule has 0 aliphatic heterocycles. The topological polar surface area (TPSA) is 71.5 Å². The van der Waals surface area contributed by atoms with Crippen LogP contribution >= 0.6 is 0 Å². The lowest BCUT2D eigenvalue weighted by Crippen LogP contribution is -2.48. The molecule has 0 fully saturated rings.